The molecular formula is C29H32F3N7O4S. The average Bonchev–Trinajstić information content (AvgIpc) is 3.42. The lowest BCUT2D eigenvalue weighted by atomic mass is 9.96. The fraction of sp³-hybridized carbons (Fsp3) is 0.483. The molecular weight excluding hydrogens is 599 g/mol. The third-order valence-electron chi connectivity index (χ3n) is 7.91. The summed E-state index contributed by atoms with van der Waals surface area (Å²) in [5.41, 5.74) is -0.378. The first-order valence-corrected chi connectivity index (χ1v) is 15.0. The van der Waals surface area contributed by atoms with Gasteiger partial charge in [-0.1, -0.05) is 11.3 Å². The van der Waals surface area contributed by atoms with Crippen molar-refractivity contribution in [3.05, 3.63) is 46.7 Å². The maximum atomic E-state index is 13.8. The number of halogens is 3. The van der Waals surface area contributed by atoms with Crippen LogP contribution >= 0.6 is 11.3 Å². The summed E-state index contributed by atoms with van der Waals surface area (Å²) in [6.07, 6.45) is -0.404. The Labute approximate surface area is 255 Å². The Morgan fingerprint density at radius 3 is 2.61 bits per heavy atom. The number of nitriles is 1. The molecule has 234 valence electrons. The molecule has 2 aliphatic rings. The van der Waals surface area contributed by atoms with E-state index in [0.717, 1.165) is 36.8 Å². The number of carbonyl (C=O) groups is 1. The van der Waals surface area contributed by atoms with Crippen molar-refractivity contribution in [1.29, 1.82) is 5.26 Å². The molecule has 0 radical (unpaired) electrons. The average molecular weight is 632 g/mol. The van der Waals surface area contributed by atoms with Gasteiger partial charge in [-0.05, 0) is 50.4 Å². The van der Waals surface area contributed by atoms with Crippen molar-refractivity contribution in [2.24, 2.45) is 11.8 Å². The van der Waals surface area contributed by atoms with E-state index in [-0.39, 0.29) is 34.0 Å². The van der Waals surface area contributed by atoms with Crippen molar-refractivity contribution < 1.29 is 32.9 Å². The Kier molecular flexibility index (Phi) is 9.64. The molecule has 4 heterocycles. The second-order valence-electron chi connectivity index (χ2n) is 10.9. The van der Waals surface area contributed by atoms with Crippen LogP contribution < -0.4 is 15.0 Å². The maximum Gasteiger partial charge on any atom is 0.419 e. The molecule has 0 bridgehead atoms. The molecule has 0 aliphatic carbocycles. The third kappa shape index (κ3) is 7.27. The first kappa shape index (κ1) is 31.6. The molecule has 3 aromatic rings. The zero-order chi connectivity index (χ0) is 31.4. The van der Waals surface area contributed by atoms with Gasteiger partial charge in [-0.15, -0.1) is 0 Å². The smallest absolute Gasteiger partial charge is 0.419 e. The van der Waals surface area contributed by atoms with E-state index in [4.69, 9.17) is 4.74 Å². The van der Waals surface area contributed by atoms with Crippen molar-refractivity contribution in [1.82, 2.24) is 19.9 Å². The lowest BCUT2D eigenvalue weighted by molar-refractivity contribution is -0.138. The van der Waals surface area contributed by atoms with E-state index in [1.54, 1.807) is 0 Å². The predicted octanol–water partition coefficient (Wildman–Crippen LogP) is 4.14. The lowest BCUT2D eigenvalue weighted by Gasteiger charge is -2.33. The number of anilines is 2. The first-order valence-electron chi connectivity index (χ1n) is 14.2. The molecule has 44 heavy (non-hydrogen) atoms. The van der Waals surface area contributed by atoms with Gasteiger partial charge in [0, 0.05) is 42.5 Å². The number of carbonyl (C=O) groups excluding carboxylic acids is 1. The highest BCUT2D eigenvalue weighted by Crippen LogP contribution is 2.41. The van der Waals surface area contributed by atoms with Crippen LogP contribution in [0.2, 0.25) is 0 Å². The Morgan fingerprint density at radius 1 is 1.20 bits per heavy atom. The van der Waals surface area contributed by atoms with E-state index in [1.165, 1.54) is 31.6 Å². The van der Waals surface area contributed by atoms with Crippen molar-refractivity contribution in [3.63, 3.8) is 0 Å². The molecule has 2 fully saturated rings. The topological polar surface area (TPSA) is 148 Å². The van der Waals surface area contributed by atoms with Crippen molar-refractivity contribution >= 4 is 28.2 Å². The van der Waals surface area contributed by atoms with Crippen LogP contribution in [-0.4, -0.2) is 75.6 Å². The largest absolute Gasteiger partial charge is 0.496 e. The quantitative estimate of drug-likeness (QED) is 0.310. The Balaban J connectivity index is 1.37. The van der Waals surface area contributed by atoms with Gasteiger partial charge in [0.05, 0.1) is 42.7 Å². The number of rotatable bonds is 8. The molecule has 15 heteroatoms. The van der Waals surface area contributed by atoms with Crippen molar-refractivity contribution in [2.75, 3.05) is 43.5 Å². The fourth-order valence-corrected chi connectivity index (χ4v) is 6.53. The number of thiazole rings is 1. The molecule has 2 aromatic heterocycles. The Morgan fingerprint density at radius 2 is 1.98 bits per heavy atom. The number of piperidine rings is 2. The van der Waals surface area contributed by atoms with Crippen LogP contribution in [0, 0.1) is 23.2 Å². The van der Waals surface area contributed by atoms with Crippen LogP contribution in [0.4, 0.5) is 24.1 Å². The minimum absolute atomic E-state index is 0.0319. The van der Waals surface area contributed by atoms with Gasteiger partial charge in [-0.25, -0.2) is 15.0 Å². The highest BCUT2D eigenvalue weighted by atomic mass is 32.1. The minimum atomic E-state index is -4.65. The van der Waals surface area contributed by atoms with Crippen molar-refractivity contribution in [2.45, 2.75) is 44.7 Å². The van der Waals surface area contributed by atoms with Gasteiger partial charge in [0.1, 0.15) is 17.3 Å². The Hall–Kier alpha value is -3.84. The van der Waals surface area contributed by atoms with E-state index >= 15 is 0 Å². The molecule has 11 nitrogen and oxygen atoms in total. The predicted molar refractivity (Wildman–Crippen MR) is 156 cm³/mol. The molecule has 0 spiro atoms. The van der Waals surface area contributed by atoms with Crippen LogP contribution in [0.1, 0.15) is 46.6 Å². The van der Waals surface area contributed by atoms with Gasteiger partial charge in [0.15, 0.2) is 11.4 Å². The molecule has 2 saturated heterocycles. The molecule has 1 unspecified atom stereocenters. The molecule has 3 N–H and O–H groups in total. The van der Waals surface area contributed by atoms with Gasteiger partial charge in [-0.3, -0.25) is 15.0 Å². The number of aliphatic hydroxyl groups is 2. The zero-order valence-electron chi connectivity index (χ0n) is 23.9. The van der Waals surface area contributed by atoms with Crippen LogP contribution in [0.5, 0.6) is 5.75 Å². The number of nitrogens with one attached hydrogen (secondary N) is 1. The number of aromatic nitrogens is 3. The maximum absolute atomic E-state index is 13.8. The van der Waals surface area contributed by atoms with Crippen LogP contribution in [-0.2, 0) is 12.7 Å². The van der Waals surface area contributed by atoms with Crippen LogP contribution in [0.3, 0.4) is 0 Å². The van der Waals surface area contributed by atoms with Gasteiger partial charge < -0.3 is 19.8 Å². The van der Waals surface area contributed by atoms with Gasteiger partial charge in [0.2, 0.25) is 0 Å². The number of alkyl halides is 3. The number of benzene rings is 1. The summed E-state index contributed by atoms with van der Waals surface area (Å²) in [6, 6.07) is 6.04. The van der Waals surface area contributed by atoms with E-state index < -0.39 is 23.9 Å². The zero-order valence-corrected chi connectivity index (χ0v) is 24.7. The first-order chi connectivity index (χ1) is 21.0. The Bertz CT molecular complexity index is 1500. The summed E-state index contributed by atoms with van der Waals surface area (Å²) in [6.45, 7) is 2.76. The summed E-state index contributed by atoms with van der Waals surface area (Å²) in [7, 11) is 1.17. The second-order valence-corrected chi connectivity index (χ2v) is 11.9. The normalized spacial score (nSPS) is 18.3. The number of ether oxygens (including phenoxy) is 1. The highest BCUT2D eigenvalue weighted by Gasteiger charge is 2.35. The summed E-state index contributed by atoms with van der Waals surface area (Å²) < 4.78 is 46.4. The number of nitrogens with zero attached hydrogens (tertiary/aromatic N) is 6. The number of amides is 1. The third-order valence-corrected chi connectivity index (χ3v) is 8.86. The highest BCUT2D eigenvalue weighted by molar-refractivity contribution is 7.16. The molecule has 1 amide bonds. The van der Waals surface area contributed by atoms with Gasteiger partial charge in [-0.2, -0.15) is 18.4 Å². The number of hydrogen-bond donors (Lipinski definition) is 3. The molecule has 2 aliphatic heterocycles. The molecule has 0 saturated carbocycles. The second kappa shape index (κ2) is 13.4. The summed E-state index contributed by atoms with van der Waals surface area (Å²) in [4.78, 5) is 30.9. The summed E-state index contributed by atoms with van der Waals surface area (Å²) in [5.74, 6) is -0.657. The number of likely N-dealkylation sites (tertiary alicyclic amines) is 1. The SMILES string of the molecule is COc1ccc(-c2nc(NC(=O)c3cnc(N4CCC(C(O)O)CC4)cn3)sc2CN2CCCC(C#N)C2)cc1C(F)(F)F. The standard InChI is InChI=1S/C29H32F3N7O4S/c1-43-22-5-4-19(11-20(22)29(30,31)32)25-23(16-38-8-2-3-17(12-33)15-38)44-28(36-25)37-26(40)21-13-35-24(14-34-21)39-9-6-18(7-10-39)27(41)42/h4-5,11,13-14,17-18,27,41-42H,2-3,6-10,15-16H2,1H3,(H,36,37,40). The number of hydrogen-bond acceptors (Lipinski definition) is 11. The van der Waals surface area contributed by atoms with Gasteiger partial charge >= 0.3 is 6.18 Å². The van der Waals surface area contributed by atoms with E-state index in [9.17, 15) is 33.4 Å². The number of methoxy groups -OCH3 is 1. The molecule has 1 aromatic carbocycles. The lowest BCUT2D eigenvalue weighted by Crippen LogP contribution is -2.38. The molecule has 1 atom stereocenters. The van der Waals surface area contributed by atoms with Gasteiger partial charge in [0.25, 0.3) is 5.91 Å². The van der Waals surface area contributed by atoms with E-state index in [0.29, 0.717) is 55.4 Å². The summed E-state index contributed by atoms with van der Waals surface area (Å²) >= 11 is 1.15. The van der Waals surface area contributed by atoms with E-state index in [2.05, 4.69) is 31.2 Å². The monoisotopic (exact) mass is 631 g/mol. The fourth-order valence-electron chi connectivity index (χ4n) is 5.51. The minimum Gasteiger partial charge on any atom is -0.496 e. The van der Waals surface area contributed by atoms with Crippen LogP contribution in [0.15, 0.2) is 30.6 Å². The van der Waals surface area contributed by atoms with Crippen molar-refractivity contribution in [3.8, 4) is 23.1 Å². The molecule has 5 rings (SSSR count). The van der Waals surface area contributed by atoms with E-state index in [1.807, 2.05) is 4.90 Å². The van der Waals surface area contributed by atoms with Crippen LogP contribution in [0.25, 0.3) is 11.3 Å². The number of aliphatic hydroxyl groups excluding tert-OH is 1. The summed E-state index contributed by atoms with van der Waals surface area (Å²) in [5, 5.41) is 31.1.